The van der Waals surface area contributed by atoms with E-state index in [4.69, 9.17) is 0 Å². The fourth-order valence-electron chi connectivity index (χ4n) is 3.07. The number of nitrogens with zero attached hydrogens (tertiary/aromatic N) is 2. The number of aromatic nitrogens is 2. The van der Waals surface area contributed by atoms with E-state index in [-0.39, 0.29) is 28.7 Å². The van der Waals surface area contributed by atoms with Crippen molar-refractivity contribution in [2.75, 3.05) is 11.9 Å². The van der Waals surface area contributed by atoms with Crippen LogP contribution in [0.1, 0.15) is 67.2 Å². The Kier molecular flexibility index (Phi) is 6.01. The number of hydrogen-bond acceptors (Lipinski definition) is 3. The van der Waals surface area contributed by atoms with Gasteiger partial charge in [0.2, 0.25) is 5.82 Å². The van der Waals surface area contributed by atoms with E-state index in [0.29, 0.717) is 17.7 Å². The SMILES string of the molecule is CCCCNC(=O)c1nc(C(=O)Nc2ccc(C(C)(C)C)cc2)n2ccccc12. The number of fused-ring (bicyclic) bond motifs is 1. The fraction of sp³-hybridized carbons (Fsp3) is 0.348. The summed E-state index contributed by atoms with van der Waals surface area (Å²) in [4.78, 5) is 29.8. The number of pyridine rings is 1. The predicted octanol–water partition coefficient (Wildman–Crippen LogP) is 4.41. The van der Waals surface area contributed by atoms with Gasteiger partial charge in [-0.1, -0.05) is 52.3 Å². The number of benzene rings is 1. The van der Waals surface area contributed by atoms with Crippen molar-refractivity contribution < 1.29 is 9.59 Å². The second kappa shape index (κ2) is 8.47. The molecule has 0 aliphatic heterocycles. The number of carbonyl (C=O) groups is 2. The van der Waals surface area contributed by atoms with Gasteiger partial charge in [0.15, 0.2) is 5.69 Å². The smallest absolute Gasteiger partial charge is 0.292 e. The van der Waals surface area contributed by atoms with Crippen LogP contribution in [0.3, 0.4) is 0 Å². The number of imidazole rings is 1. The summed E-state index contributed by atoms with van der Waals surface area (Å²) in [7, 11) is 0. The summed E-state index contributed by atoms with van der Waals surface area (Å²) >= 11 is 0. The average molecular weight is 393 g/mol. The van der Waals surface area contributed by atoms with Crippen molar-refractivity contribution in [3.63, 3.8) is 0 Å². The lowest BCUT2D eigenvalue weighted by Gasteiger charge is -2.19. The first-order valence-corrected chi connectivity index (χ1v) is 9.98. The molecule has 0 radical (unpaired) electrons. The zero-order valence-corrected chi connectivity index (χ0v) is 17.5. The molecular formula is C23H28N4O2. The molecule has 6 heteroatoms. The molecule has 3 aromatic rings. The third-order valence-corrected chi connectivity index (χ3v) is 4.79. The number of rotatable bonds is 6. The molecule has 0 unspecified atom stereocenters. The molecule has 152 valence electrons. The number of unbranched alkanes of at least 4 members (excludes halogenated alkanes) is 1. The van der Waals surface area contributed by atoms with Crippen LogP contribution in [0.2, 0.25) is 0 Å². The minimum Gasteiger partial charge on any atom is -0.351 e. The molecule has 0 aliphatic carbocycles. The first kappa shape index (κ1) is 20.6. The van der Waals surface area contributed by atoms with Gasteiger partial charge in [-0.3, -0.25) is 14.0 Å². The maximum Gasteiger partial charge on any atom is 0.292 e. The highest BCUT2D eigenvalue weighted by atomic mass is 16.2. The normalized spacial score (nSPS) is 11.4. The Morgan fingerprint density at radius 2 is 1.76 bits per heavy atom. The van der Waals surface area contributed by atoms with Crippen molar-refractivity contribution in [1.29, 1.82) is 0 Å². The van der Waals surface area contributed by atoms with E-state index in [2.05, 4.69) is 43.3 Å². The Morgan fingerprint density at radius 3 is 2.41 bits per heavy atom. The first-order valence-electron chi connectivity index (χ1n) is 9.98. The second-order valence-corrected chi connectivity index (χ2v) is 8.13. The molecule has 1 aromatic carbocycles. The predicted molar refractivity (Wildman–Crippen MR) is 116 cm³/mol. The zero-order chi connectivity index (χ0) is 21.0. The van der Waals surface area contributed by atoms with Crippen LogP contribution in [0, 0.1) is 0 Å². The van der Waals surface area contributed by atoms with Gasteiger partial charge in [0.1, 0.15) is 0 Å². The Labute approximate surface area is 171 Å². The van der Waals surface area contributed by atoms with E-state index >= 15 is 0 Å². The van der Waals surface area contributed by atoms with Crippen molar-refractivity contribution in [2.45, 2.75) is 46.0 Å². The van der Waals surface area contributed by atoms with Gasteiger partial charge in [-0.25, -0.2) is 4.98 Å². The summed E-state index contributed by atoms with van der Waals surface area (Å²) in [6, 6.07) is 13.2. The van der Waals surface area contributed by atoms with E-state index in [1.807, 2.05) is 36.4 Å². The van der Waals surface area contributed by atoms with E-state index < -0.39 is 0 Å². The third kappa shape index (κ3) is 4.65. The van der Waals surface area contributed by atoms with Gasteiger partial charge in [0, 0.05) is 18.4 Å². The fourth-order valence-corrected chi connectivity index (χ4v) is 3.07. The van der Waals surface area contributed by atoms with Crippen molar-refractivity contribution in [2.24, 2.45) is 0 Å². The van der Waals surface area contributed by atoms with E-state index in [9.17, 15) is 9.59 Å². The summed E-state index contributed by atoms with van der Waals surface area (Å²) < 4.78 is 1.65. The van der Waals surface area contributed by atoms with Crippen LogP contribution in [0.25, 0.3) is 5.52 Å². The maximum absolute atomic E-state index is 12.9. The third-order valence-electron chi connectivity index (χ3n) is 4.79. The Morgan fingerprint density at radius 1 is 1.03 bits per heavy atom. The van der Waals surface area contributed by atoms with Crippen molar-refractivity contribution in [1.82, 2.24) is 14.7 Å². The molecule has 2 aromatic heterocycles. The standard InChI is InChI=1S/C23H28N4O2/c1-5-6-14-24-21(28)19-18-9-7-8-15-27(18)20(26-19)22(29)25-17-12-10-16(11-13-17)23(2,3)4/h7-13,15H,5-6,14H2,1-4H3,(H,24,28)(H,25,29). The number of nitrogens with one attached hydrogen (secondary N) is 2. The van der Waals surface area contributed by atoms with Crippen molar-refractivity contribution in [3.8, 4) is 0 Å². The highest BCUT2D eigenvalue weighted by Crippen LogP contribution is 2.24. The molecule has 0 saturated carbocycles. The highest BCUT2D eigenvalue weighted by molar-refractivity contribution is 6.06. The second-order valence-electron chi connectivity index (χ2n) is 8.13. The van der Waals surface area contributed by atoms with Gasteiger partial charge in [-0.15, -0.1) is 0 Å². The number of carbonyl (C=O) groups excluding carboxylic acids is 2. The molecule has 0 aliphatic rings. The van der Waals surface area contributed by atoms with Crippen LogP contribution in [-0.4, -0.2) is 27.7 Å². The quantitative estimate of drug-likeness (QED) is 0.610. The van der Waals surface area contributed by atoms with Crippen molar-refractivity contribution in [3.05, 3.63) is 65.7 Å². The van der Waals surface area contributed by atoms with Crippen LogP contribution >= 0.6 is 0 Å². The number of amides is 2. The largest absolute Gasteiger partial charge is 0.351 e. The Hall–Kier alpha value is -3.15. The van der Waals surface area contributed by atoms with Gasteiger partial charge in [-0.05, 0) is 41.7 Å². The molecule has 0 atom stereocenters. The molecular weight excluding hydrogens is 364 g/mol. The van der Waals surface area contributed by atoms with E-state index in [0.717, 1.165) is 12.8 Å². The molecule has 2 N–H and O–H groups in total. The average Bonchev–Trinajstić information content (AvgIpc) is 3.08. The molecule has 6 nitrogen and oxygen atoms in total. The number of anilines is 1. The zero-order valence-electron chi connectivity index (χ0n) is 17.5. The molecule has 0 saturated heterocycles. The summed E-state index contributed by atoms with van der Waals surface area (Å²) in [5, 5.41) is 5.75. The number of hydrogen-bond donors (Lipinski definition) is 2. The van der Waals surface area contributed by atoms with Gasteiger partial charge >= 0.3 is 0 Å². The monoisotopic (exact) mass is 392 g/mol. The van der Waals surface area contributed by atoms with Crippen LogP contribution < -0.4 is 10.6 Å². The first-order chi connectivity index (χ1) is 13.8. The van der Waals surface area contributed by atoms with Crippen molar-refractivity contribution >= 4 is 23.0 Å². The molecule has 3 rings (SSSR count). The Bertz CT molecular complexity index is 1010. The summed E-state index contributed by atoms with van der Waals surface area (Å²) in [5.41, 5.74) is 2.78. The van der Waals surface area contributed by atoms with Crippen LogP contribution in [0.5, 0.6) is 0 Å². The lowest BCUT2D eigenvalue weighted by Crippen LogP contribution is -2.25. The maximum atomic E-state index is 12.9. The minimum atomic E-state index is -0.359. The lowest BCUT2D eigenvalue weighted by atomic mass is 9.87. The topological polar surface area (TPSA) is 75.5 Å². The van der Waals surface area contributed by atoms with Crippen LogP contribution in [0.15, 0.2) is 48.7 Å². The van der Waals surface area contributed by atoms with Gasteiger partial charge in [-0.2, -0.15) is 0 Å². The molecule has 0 fully saturated rings. The van der Waals surface area contributed by atoms with Crippen LogP contribution in [-0.2, 0) is 5.41 Å². The summed E-state index contributed by atoms with van der Waals surface area (Å²) in [5.74, 6) is -0.445. The summed E-state index contributed by atoms with van der Waals surface area (Å²) in [6.07, 6.45) is 3.63. The van der Waals surface area contributed by atoms with E-state index in [1.165, 1.54) is 5.56 Å². The van der Waals surface area contributed by atoms with Crippen LogP contribution in [0.4, 0.5) is 5.69 Å². The Balaban J connectivity index is 1.85. The minimum absolute atomic E-state index is 0.0435. The lowest BCUT2D eigenvalue weighted by molar-refractivity contribution is 0.0950. The van der Waals surface area contributed by atoms with Gasteiger partial charge < -0.3 is 10.6 Å². The van der Waals surface area contributed by atoms with Gasteiger partial charge in [0.25, 0.3) is 11.8 Å². The van der Waals surface area contributed by atoms with Gasteiger partial charge in [0.05, 0.1) is 5.52 Å². The molecule has 29 heavy (non-hydrogen) atoms. The molecule has 2 amide bonds. The molecule has 0 bridgehead atoms. The highest BCUT2D eigenvalue weighted by Gasteiger charge is 2.21. The molecule has 0 spiro atoms. The van der Waals surface area contributed by atoms with E-state index in [1.54, 1.807) is 16.7 Å². The molecule has 2 heterocycles. The summed E-state index contributed by atoms with van der Waals surface area (Å²) in [6.45, 7) is 9.08.